The minimum atomic E-state index is -2.19. The average Bonchev–Trinajstić information content (AvgIpc) is 2.89. The topological polar surface area (TPSA) is 0 Å². The van der Waals surface area contributed by atoms with Crippen LogP contribution >= 0.6 is 0 Å². The first-order valence-corrected chi connectivity index (χ1v) is 11.0. The second kappa shape index (κ2) is 9.76. The lowest BCUT2D eigenvalue weighted by atomic mass is 9.93. The number of hydrogen-bond acceptors (Lipinski definition) is 0. The lowest BCUT2D eigenvalue weighted by molar-refractivity contribution is 0.446. The molecule has 0 radical (unpaired) electrons. The summed E-state index contributed by atoms with van der Waals surface area (Å²) >= 11 is 0. The third-order valence-corrected chi connectivity index (χ3v) is 6.08. The lowest BCUT2D eigenvalue weighted by Gasteiger charge is -2.16. The van der Waals surface area contributed by atoms with Crippen LogP contribution in [0, 0.1) is 46.5 Å². The maximum absolute atomic E-state index is 15.0. The van der Waals surface area contributed by atoms with Crippen LogP contribution in [-0.2, 0) is 12.8 Å². The molecule has 4 aromatic rings. The van der Waals surface area contributed by atoms with Crippen LogP contribution in [0.4, 0.5) is 35.1 Å². The Kier molecular flexibility index (Phi) is 6.89. The minimum Gasteiger partial charge on any atom is -0.203 e. The molecule has 0 aliphatic heterocycles. The Balaban J connectivity index is 1.95. The Hall–Kier alpha value is -3.68. The largest absolute Gasteiger partial charge is 0.203 e. The standard InChI is InChI=1S/C28H18F8/c1-3-13-5-9-15(10-6-13)17-21(29)25(33)19(26(34)22(17)30)20-27(35)23(31)18(24(32)28(20)36)16-11-7-14(4-2)8-12-16/h5-12H,3-4H2,1-2H3. The van der Waals surface area contributed by atoms with Crippen LogP contribution in [0.1, 0.15) is 25.0 Å². The molecule has 0 saturated heterocycles. The Morgan fingerprint density at radius 1 is 0.361 bits per heavy atom. The molecule has 0 atom stereocenters. The van der Waals surface area contributed by atoms with Crippen molar-refractivity contribution in [3.8, 4) is 33.4 Å². The minimum absolute atomic E-state index is 0.240. The van der Waals surface area contributed by atoms with E-state index in [4.69, 9.17) is 0 Å². The first-order chi connectivity index (χ1) is 17.1. The van der Waals surface area contributed by atoms with Gasteiger partial charge in [0.1, 0.15) is 0 Å². The van der Waals surface area contributed by atoms with Crippen molar-refractivity contribution in [1.82, 2.24) is 0 Å². The van der Waals surface area contributed by atoms with Gasteiger partial charge in [-0.05, 0) is 35.1 Å². The van der Waals surface area contributed by atoms with Crippen molar-refractivity contribution in [2.24, 2.45) is 0 Å². The van der Waals surface area contributed by atoms with Gasteiger partial charge in [-0.3, -0.25) is 0 Å². The number of aryl methyl sites for hydroxylation is 2. The molecule has 4 aromatic carbocycles. The molecule has 186 valence electrons. The van der Waals surface area contributed by atoms with E-state index in [0.29, 0.717) is 12.8 Å². The summed E-state index contributed by atoms with van der Waals surface area (Å²) < 4.78 is 120. The molecule has 0 aromatic heterocycles. The van der Waals surface area contributed by atoms with Crippen molar-refractivity contribution in [3.05, 3.63) is 106 Å². The van der Waals surface area contributed by atoms with E-state index in [1.165, 1.54) is 48.5 Å². The van der Waals surface area contributed by atoms with Gasteiger partial charge in [-0.15, -0.1) is 0 Å². The van der Waals surface area contributed by atoms with E-state index in [-0.39, 0.29) is 11.1 Å². The monoisotopic (exact) mass is 506 g/mol. The zero-order valence-corrected chi connectivity index (χ0v) is 19.1. The first kappa shape index (κ1) is 25.4. The molecule has 0 aliphatic rings. The molecular weight excluding hydrogens is 488 g/mol. The van der Waals surface area contributed by atoms with Gasteiger partial charge in [0.05, 0.1) is 22.3 Å². The molecular formula is C28H18F8. The summed E-state index contributed by atoms with van der Waals surface area (Å²) in [5, 5.41) is 0. The molecule has 0 heterocycles. The van der Waals surface area contributed by atoms with E-state index in [9.17, 15) is 35.1 Å². The summed E-state index contributed by atoms with van der Waals surface area (Å²) in [6, 6.07) is 10.8. The fraction of sp³-hybridized carbons (Fsp3) is 0.143. The molecule has 0 saturated carbocycles. The molecule has 0 bridgehead atoms. The zero-order chi connectivity index (χ0) is 26.3. The molecule has 0 N–H and O–H groups in total. The molecule has 0 unspecified atom stereocenters. The highest BCUT2D eigenvalue weighted by atomic mass is 19.2. The van der Waals surface area contributed by atoms with Crippen molar-refractivity contribution in [1.29, 1.82) is 0 Å². The number of hydrogen-bond donors (Lipinski definition) is 0. The molecule has 0 spiro atoms. The highest BCUT2D eigenvalue weighted by molar-refractivity contribution is 5.77. The molecule has 0 aliphatic carbocycles. The van der Waals surface area contributed by atoms with Gasteiger partial charge in [0.2, 0.25) is 0 Å². The van der Waals surface area contributed by atoms with Gasteiger partial charge >= 0.3 is 0 Å². The highest BCUT2D eigenvalue weighted by Gasteiger charge is 2.34. The predicted molar refractivity (Wildman–Crippen MR) is 121 cm³/mol. The second-order valence-electron chi connectivity index (χ2n) is 8.11. The summed E-state index contributed by atoms with van der Waals surface area (Å²) in [4.78, 5) is 0. The third kappa shape index (κ3) is 4.04. The summed E-state index contributed by atoms with van der Waals surface area (Å²) in [5.74, 6) is -16.6. The Bertz CT molecular complexity index is 1280. The summed E-state index contributed by atoms with van der Waals surface area (Å²) in [6.07, 6.45) is 1.17. The molecule has 0 nitrogen and oxygen atoms in total. The predicted octanol–water partition coefficient (Wildman–Crippen LogP) is 8.93. The van der Waals surface area contributed by atoms with Crippen LogP contribution in [0.15, 0.2) is 48.5 Å². The van der Waals surface area contributed by atoms with Crippen molar-refractivity contribution in [2.45, 2.75) is 26.7 Å². The molecule has 36 heavy (non-hydrogen) atoms. The summed E-state index contributed by atoms with van der Waals surface area (Å²) in [7, 11) is 0. The Labute approximate surface area is 201 Å². The van der Waals surface area contributed by atoms with Gasteiger partial charge in [0.15, 0.2) is 46.5 Å². The Morgan fingerprint density at radius 3 is 0.806 bits per heavy atom. The maximum atomic E-state index is 15.0. The number of halogens is 8. The quantitative estimate of drug-likeness (QED) is 0.187. The molecule has 0 amide bonds. The smallest absolute Gasteiger partial charge is 0.170 e. The molecule has 4 rings (SSSR count). The third-order valence-electron chi connectivity index (χ3n) is 6.08. The Morgan fingerprint density at radius 2 is 0.583 bits per heavy atom. The van der Waals surface area contributed by atoms with E-state index in [1.807, 2.05) is 13.8 Å². The first-order valence-electron chi connectivity index (χ1n) is 11.0. The maximum Gasteiger partial charge on any atom is 0.170 e. The van der Waals surface area contributed by atoms with E-state index >= 15 is 0 Å². The van der Waals surface area contributed by atoms with Crippen LogP contribution in [0.25, 0.3) is 33.4 Å². The van der Waals surface area contributed by atoms with Crippen molar-refractivity contribution in [3.63, 3.8) is 0 Å². The second-order valence-corrected chi connectivity index (χ2v) is 8.11. The van der Waals surface area contributed by atoms with E-state index in [1.54, 1.807) is 0 Å². The van der Waals surface area contributed by atoms with Gasteiger partial charge < -0.3 is 0 Å². The van der Waals surface area contributed by atoms with Crippen LogP contribution in [0.2, 0.25) is 0 Å². The van der Waals surface area contributed by atoms with Gasteiger partial charge in [0.25, 0.3) is 0 Å². The van der Waals surface area contributed by atoms with Crippen molar-refractivity contribution in [2.75, 3.05) is 0 Å². The molecule has 8 heteroatoms. The van der Waals surface area contributed by atoms with Gasteiger partial charge in [0, 0.05) is 0 Å². The SMILES string of the molecule is CCc1ccc(-c2c(F)c(F)c(-c3c(F)c(F)c(-c4ccc(CC)cc4)c(F)c3F)c(F)c2F)cc1. The average molecular weight is 506 g/mol. The van der Waals surface area contributed by atoms with Gasteiger partial charge in [-0.1, -0.05) is 62.4 Å². The molecule has 0 fully saturated rings. The number of benzene rings is 4. The van der Waals surface area contributed by atoms with E-state index < -0.39 is 68.8 Å². The number of rotatable bonds is 5. The van der Waals surface area contributed by atoms with Crippen LogP contribution in [-0.4, -0.2) is 0 Å². The van der Waals surface area contributed by atoms with Crippen LogP contribution in [0.3, 0.4) is 0 Å². The zero-order valence-electron chi connectivity index (χ0n) is 19.1. The van der Waals surface area contributed by atoms with Gasteiger partial charge in [-0.25, -0.2) is 35.1 Å². The van der Waals surface area contributed by atoms with E-state index in [2.05, 4.69) is 0 Å². The summed E-state index contributed by atoms with van der Waals surface area (Å²) in [6.45, 7) is 3.63. The van der Waals surface area contributed by atoms with Crippen LogP contribution in [0.5, 0.6) is 0 Å². The fourth-order valence-corrected chi connectivity index (χ4v) is 4.02. The lowest BCUT2D eigenvalue weighted by Crippen LogP contribution is -2.09. The van der Waals surface area contributed by atoms with Gasteiger partial charge in [-0.2, -0.15) is 0 Å². The van der Waals surface area contributed by atoms with E-state index in [0.717, 1.165) is 11.1 Å². The van der Waals surface area contributed by atoms with Crippen molar-refractivity contribution < 1.29 is 35.1 Å². The highest BCUT2D eigenvalue weighted by Crippen LogP contribution is 2.42. The van der Waals surface area contributed by atoms with Crippen LogP contribution < -0.4 is 0 Å². The van der Waals surface area contributed by atoms with Crippen molar-refractivity contribution >= 4 is 0 Å². The fourth-order valence-electron chi connectivity index (χ4n) is 4.02. The summed E-state index contributed by atoms with van der Waals surface area (Å²) in [5.41, 5.74) is -4.95. The normalized spacial score (nSPS) is 11.3.